The highest BCUT2D eigenvalue weighted by Gasteiger charge is 2.01. The number of hydrogen-bond acceptors (Lipinski definition) is 3. The molecular formula is C18H24N2S. The Morgan fingerprint density at radius 1 is 1.00 bits per heavy atom. The van der Waals surface area contributed by atoms with Gasteiger partial charge in [0.15, 0.2) is 0 Å². The molecule has 2 aromatic carbocycles. The molecule has 0 aliphatic carbocycles. The Balaban J connectivity index is 1.97. The first-order valence-electron chi connectivity index (χ1n) is 7.48. The third kappa shape index (κ3) is 4.43. The van der Waals surface area contributed by atoms with Crippen molar-refractivity contribution in [3.05, 3.63) is 54.1 Å². The summed E-state index contributed by atoms with van der Waals surface area (Å²) in [6, 6.07) is 17.4. The Morgan fingerprint density at radius 2 is 1.71 bits per heavy atom. The van der Waals surface area contributed by atoms with Crippen LogP contribution in [0.1, 0.15) is 19.4 Å². The van der Waals surface area contributed by atoms with Crippen LogP contribution in [0.4, 0.5) is 11.4 Å². The quantitative estimate of drug-likeness (QED) is 0.735. The molecule has 2 aromatic rings. The molecular weight excluding hydrogens is 276 g/mol. The van der Waals surface area contributed by atoms with Crippen molar-refractivity contribution in [1.82, 2.24) is 0 Å². The number of nitrogens with zero attached hydrogens (tertiary/aromatic N) is 1. The van der Waals surface area contributed by atoms with Crippen LogP contribution in [-0.4, -0.2) is 19.3 Å². The monoisotopic (exact) mass is 300 g/mol. The van der Waals surface area contributed by atoms with Gasteiger partial charge in [0.1, 0.15) is 0 Å². The lowest BCUT2D eigenvalue weighted by Gasteiger charge is -2.21. The molecule has 0 radical (unpaired) electrons. The van der Waals surface area contributed by atoms with Gasteiger partial charge in [-0.25, -0.2) is 0 Å². The van der Waals surface area contributed by atoms with E-state index in [9.17, 15) is 0 Å². The van der Waals surface area contributed by atoms with Gasteiger partial charge in [-0.1, -0.05) is 18.2 Å². The van der Waals surface area contributed by atoms with Gasteiger partial charge in [-0.3, -0.25) is 0 Å². The van der Waals surface area contributed by atoms with Gasteiger partial charge >= 0.3 is 0 Å². The highest BCUT2D eigenvalue weighted by Crippen LogP contribution is 2.20. The van der Waals surface area contributed by atoms with Gasteiger partial charge in [0.05, 0.1) is 0 Å². The van der Waals surface area contributed by atoms with Gasteiger partial charge in [0.2, 0.25) is 0 Å². The third-order valence-corrected chi connectivity index (χ3v) is 4.36. The molecule has 0 bridgehead atoms. The summed E-state index contributed by atoms with van der Waals surface area (Å²) in [6.45, 7) is 7.34. The number of thioether (sulfide) groups is 1. The van der Waals surface area contributed by atoms with Crippen molar-refractivity contribution in [3.63, 3.8) is 0 Å². The average Bonchev–Trinajstić information content (AvgIpc) is 2.55. The summed E-state index contributed by atoms with van der Waals surface area (Å²) >= 11 is 1.77. The second kappa shape index (κ2) is 7.99. The van der Waals surface area contributed by atoms with Gasteiger partial charge in [0.25, 0.3) is 0 Å². The third-order valence-electron chi connectivity index (χ3n) is 3.63. The zero-order valence-corrected chi connectivity index (χ0v) is 13.9. The van der Waals surface area contributed by atoms with E-state index in [0.717, 1.165) is 19.6 Å². The van der Waals surface area contributed by atoms with Gasteiger partial charge in [-0.15, -0.1) is 11.8 Å². The summed E-state index contributed by atoms with van der Waals surface area (Å²) in [6.07, 6.45) is 2.10. The molecule has 2 nitrogen and oxygen atoms in total. The Labute approximate surface area is 132 Å². The molecule has 0 saturated carbocycles. The van der Waals surface area contributed by atoms with Crippen molar-refractivity contribution in [2.24, 2.45) is 0 Å². The maximum atomic E-state index is 3.49. The molecule has 0 aromatic heterocycles. The highest BCUT2D eigenvalue weighted by molar-refractivity contribution is 7.98. The Kier molecular flexibility index (Phi) is 6.00. The maximum absolute atomic E-state index is 3.49. The van der Waals surface area contributed by atoms with Crippen LogP contribution in [-0.2, 0) is 6.54 Å². The maximum Gasteiger partial charge on any atom is 0.0400 e. The number of hydrogen-bond donors (Lipinski definition) is 1. The van der Waals surface area contributed by atoms with Crippen molar-refractivity contribution in [2.75, 3.05) is 29.6 Å². The van der Waals surface area contributed by atoms with E-state index < -0.39 is 0 Å². The predicted octanol–water partition coefficient (Wildman–Crippen LogP) is 4.87. The van der Waals surface area contributed by atoms with E-state index in [0.29, 0.717) is 0 Å². The first kappa shape index (κ1) is 15.8. The van der Waals surface area contributed by atoms with Gasteiger partial charge in [-0.05, 0) is 56.0 Å². The number of anilines is 2. The van der Waals surface area contributed by atoms with Crippen molar-refractivity contribution >= 4 is 23.1 Å². The first-order valence-corrected chi connectivity index (χ1v) is 8.71. The average molecular weight is 300 g/mol. The van der Waals surface area contributed by atoms with E-state index in [1.54, 1.807) is 11.8 Å². The van der Waals surface area contributed by atoms with Crippen LogP contribution in [0.5, 0.6) is 0 Å². The number of benzene rings is 2. The Morgan fingerprint density at radius 3 is 2.33 bits per heavy atom. The van der Waals surface area contributed by atoms with Crippen molar-refractivity contribution in [1.29, 1.82) is 0 Å². The zero-order valence-electron chi connectivity index (χ0n) is 13.1. The van der Waals surface area contributed by atoms with Crippen LogP contribution in [0.3, 0.4) is 0 Å². The second-order valence-electron chi connectivity index (χ2n) is 4.92. The van der Waals surface area contributed by atoms with Crippen molar-refractivity contribution in [3.8, 4) is 0 Å². The molecule has 112 valence electrons. The van der Waals surface area contributed by atoms with E-state index in [-0.39, 0.29) is 0 Å². The molecule has 3 heteroatoms. The van der Waals surface area contributed by atoms with Crippen molar-refractivity contribution < 1.29 is 0 Å². The minimum absolute atomic E-state index is 0.858. The van der Waals surface area contributed by atoms with E-state index >= 15 is 0 Å². The lowest BCUT2D eigenvalue weighted by molar-refractivity contribution is 0.865. The molecule has 0 heterocycles. The molecule has 0 spiro atoms. The fraction of sp³-hybridized carbons (Fsp3) is 0.333. The zero-order chi connectivity index (χ0) is 15.1. The predicted molar refractivity (Wildman–Crippen MR) is 95.6 cm³/mol. The molecule has 0 fully saturated rings. The largest absolute Gasteiger partial charge is 0.381 e. The Bertz CT molecular complexity index is 547. The first-order chi connectivity index (χ1) is 10.3. The summed E-state index contributed by atoms with van der Waals surface area (Å²) in [5, 5.41) is 3.49. The van der Waals surface area contributed by atoms with Crippen LogP contribution >= 0.6 is 11.8 Å². The Hall–Kier alpha value is -1.61. The molecule has 0 amide bonds. The standard InChI is InChI=1S/C18H24N2S/c1-4-20(5-2)17-11-9-15(10-12-17)14-19-16-7-6-8-18(13-16)21-3/h6-13,19H,4-5,14H2,1-3H3. The molecule has 0 aliphatic rings. The van der Waals surface area contributed by atoms with Gasteiger partial charge < -0.3 is 10.2 Å². The molecule has 0 unspecified atom stereocenters. The summed E-state index contributed by atoms with van der Waals surface area (Å²) in [4.78, 5) is 3.65. The summed E-state index contributed by atoms with van der Waals surface area (Å²) in [7, 11) is 0. The lowest BCUT2D eigenvalue weighted by atomic mass is 10.2. The lowest BCUT2D eigenvalue weighted by Crippen LogP contribution is -2.21. The molecule has 21 heavy (non-hydrogen) atoms. The van der Waals surface area contributed by atoms with Crippen LogP contribution in [0.2, 0.25) is 0 Å². The molecule has 0 aliphatic heterocycles. The second-order valence-corrected chi connectivity index (χ2v) is 5.80. The molecule has 1 N–H and O–H groups in total. The molecule has 2 rings (SSSR count). The van der Waals surface area contributed by atoms with Crippen molar-refractivity contribution in [2.45, 2.75) is 25.3 Å². The minimum atomic E-state index is 0.858. The van der Waals surface area contributed by atoms with Crippen LogP contribution in [0.15, 0.2) is 53.4 Å². The topological polar surface area (TPSA) is 15.3 Å². The van der Waals surface area contributed by atoms with Gasteiger partial charge in [0, 0.05) is 35.9 Å². The summed E-state index contributed by atoms with van der Waals surface area (Å²) in [5.74, 6) is 0. The highest BCUT2D eigenvalue weighted by atomic mass is 32.2. The molecule has 0 saturated heterocycles. The normalized spacial score (nSPS) is 10.4. The number of rotatable bonds is 7. The van der Waals surface area contributed by atoms with Crippen LogP contribution in [0, 0.1) is 0 Å². The van der Waals surface area contributed by atoms with E-state index in [1.807, 2.05) is 0 Å². The van der Waals surface area contributed by atoms with E-state index in [1.165, 1.54) is 21.8 Å². The fourth-order valence-corrected chi connectivity index (χ4v) is 2.81. The number of nitrogens with one attached hydrogen (secondary N) is 1. The summed E-state index contributed by atoms with van der Waals surface area (Å²) < 4.78 is 0. The molecule has 0 atom stereocenters. The smallest absolute Gasteiger partial charge is 0.0400 e. The van der Waals surface area contributed by atoms with Crippen LogP contribution < -0.4 is 10.2 Å². The van der Waals surface area contributed by atoms with Crippen LogP contribution in [0.25, 0.3) is 0 Å². The SMILES string of the molecule is CCN(CC)c1ccc(CNc2cccc(SC)c2)cc1. The summed E-state index contributed by atoms with van der Waals surface area (Å²) in [5.41, 5.74) is 3.78. The van der Waals surface area contributed by atoms with E-state index in [4.69, 9.17) is 0 Å². The van der Waals surface area contributed by atoms with Gasteiger partial charge in [-0.2, -0.15) is 0 Å². The van der Waals surface area contributed by atoms with E-state index in [2.05, 4.69) is 78.9 Å². The fourth-order valence-electron chi connectivity index (χ4n) is 2.35. The minimum Gasteiger partial charge on any atom is -0.381 e.